The number of nitrogens with one attached hydrogen (secondary N) is 1. The Labute approximate surface area is 166 Å². The van der Waals surface area contributed by atoms with Gasteiger partial charge in [0, 0.05) is 20.5 Å². The van der Waals surface area contributed by atoms with Crippen molar-refractivity contribution in [3.63, 3.8) is 0 Å². The van der Waals surface area contributed by atoms with Gasteiger partial charge in [-0.05, 0) is 18.1 Å². The molecule has 15 nitrogen and oxygen atoms in total. The van der Waals surface area contributed by atoms with Gasteiger partial charge in [0.2, 0.25) is 5.91 Å². The molecule has 0 aromatic carbocycles. The summed E-state index contributed by atoms with van der Waals surface area (Å²) in [6.07, 6.45) is 0.585. The molecule has 29 heavy (non-hydrogen) atoms. The molecule has 1 aliphatic rings. The number of hydrogen-bond acceptors (Lipinski definition) is 11. The minimum Gasteiger partial charge on any atom is -0.329 e. The molecule has 1 saturated heterocycles. The summed E-state index contributed by atoms with van der Waals surface area (Å²) in [5, 5.41) is 12.4. The molecule has 0 spiro atoms. The second-order valence-electron chi connectivity index (χ2n) is 6.29. The molecule has 0 unspecified atom stereocenters. The molecule has 16 heteroatoms. The molecule has 4 N–H and O–H groups in total. The number of piperidine rings is 1. The molecular formula is C13H24N8O7S. The van der Waals surface area contributed by atoms with Gasteiger partial charge in [-0.1, -0.05) is 0 Å². The number of aromatic nitrogens is 4. The quantitative estimate of drug-likeness (QED) is 0.205. The largest absolute Gasteiger partial charge is 0.413 e. The smallest absolute Gasteiger partial charge is 0.329 e. The Bertz CT molecular complexity index is 816. The van der Waals surface area contributed by atoms with E-state index in [0.717, 1.165) is 5.06 Å². The van der Waals surface area contributed by atoms with Gasteiger partial charge in [-0.2, -0.15) is 22.6 Å². The summed E-state index contributed by atoms with van der Waals surface area (Å²) >= 11 is 0. The molecular weight excluding hydrogens is 412 g/mol. The summed E-state index contributed by atoms with van der Waals surface area (Å²) in [5.41, 5.74) is 7.67. The zero-order valence-corrected chi connectivity index (χ0v) is 16.8. The number of carbonyl (C=O) groups excluding carboxylic acids is 2. The third-order valence-corrected chi connectivity index (χ3v) is 4.66. The first kappa shape index (κ1) is 23.0. The van der Waals surface area contributed by atoms with Crippen LogP contribution in [0, 0.1) is 0 Å². The Morgan fingerprint density at radius 3 is 2.72 bits per heavy atom. The summed E-state index contributed by atoms with van der Waals surface area (Å²) in [6, 6.07) is -1.32. The molecule has 0 radical (unpaired) electrons. The van der Waals surface area contributed by atoms with Crippen LogP contribution in [0.4, 0.5) is 0 Å². The van der Waals surface area contributed by atoms with E-state index in [0.29, 0.717) is 12.2 Å². The van der Waals surface area contributed by atoms with E-state index in [4.69, 9.17) is 15.1 Å². The fourth-order valence-corrected chi connectivity index (χ4v) is 3.27. The number of tetrazole rings is 1. The lowest BCUT2D eigenvalue weighted by molar-refractivity contribution is -0.154. The lowest BCUT2D eigenvalue weighted by Crippen LogP contribution is -2.57. The fraction of sp³-hybridized carbons (Fsp3) is 0.769. The molecule has 2 atom stereocenters. The maximum Gasteiger partial charge on any atom is 0.413 e. The van der Waals surface area contributed by atoms with Gasteiger partial charge < -0.3 is 10.6 Å². The highest BCUT2D eigenvalue weighted by molar-refractivity contribution is 7.80. The molecule has 1 aliphatic heterocycles. The summed E-state index contributed by atoms with van der Waals surface area (Å²) in [4.78, 5) is 32.0. The van der Waals surface area contributed by atoms with Crippen LogP contribution in [-0.2, 0) is 42.2 Å². The number of carbonyl (C=O) groups is 2. The fourth-order valence-electron chi connectivity index (χ4n) is 2.85. The van der Waals surface area contributed by atoms with E-state index in [2.05, 4.69) is 25.2 Å². The maximum absolute atomic E-state index is 12.4. The van der Waals surface area contributed by atoms with Crippen LogP contribution in [0.25, 0.3) is 0 Å². The molecule has 164 valence electrons. The maximum atomic E-state index is 12.4. The van der Waals surface area contributed by atoms with Crippen LogP contribution in [0.2, 0.25) is 0 Å². The van der Waals surface area contributed by atoms with Gasteiger partial charge in [0.25, 0.3) is 5.91 Å². The summed E-state index contributed by atoms with van der Waals surface area (Å²) in [5.74, 6) is -0.520. The molecule has 0 bridgehead atoms. The van der Waals surface area contributed by atoms with Crippen molar-refractivity contribution in [3.05, 3.63) is 5.82 Å². The molecule has 2 heterocycles. The Hall–Kier alpha value is -2.24. The van der Waals surface area contributed by atoms with Crippen LogP contribution in [0.15, 0.2) is 0 Å². The van der Waals surface area contributed by atoms with Gasteiger partial charge >= 0.3 is 10.4 Å². The molecule has 1 aromatic heterocycles. The van der Waals surface area contributed by atoms with E-state index in [-0.39, 0.29) is 38.6 Å². The topological polar surface area (TPSA) is 195 Å². The van der Waals surface area contributed by atoms with Crippen LogP contribution in [0.3, 0.4) is 0 Å². The molecule has 2 amide bonds. The second kappa shape index (κ2) is 9.99. The van der Waals surface area contributed by atoms with Crippen LogP contribution in [-0.4, -0.2) is 87.2 Å². The van der Waals surface area contributed by atoms with Gasteiger partial charge in [-0.3, -0.25) is 19.0 Å². The molecule has 2 rings (SSSR count). The third-order valence-electron chi connectivity index (χ3n) is 4.23. The predicted octanol–water partition coefficient (Wildman–Crippen LogP) is -2.77. The van der Waals surface area contributed by atoms with Crippen LogP contribution < -0.4 is 11.2 Å². The Morgan fingerprint density at radius 1 is 1.41 bits per heavy atom. The number of rotatable bonds is 9. The van der Waals surface area contributed by atoms with E-state index in [1.54, 1.807) is 0 Å². The minimum atomic E-state index is -4.68. The monoisotopic (exact) mass is 436 g/mol. The average molecular weight is 436 g/mol. The number of hydrogen-bond donors (Lipinski definition) is 3. The van der Waals surface area contributed by atoms with Crippen molar-refractivity contribution in [2.45, 2.75) is 44.9 Å². The number of nitrogens with two attached hydrogens (primary N) is 1. The van der Waals surface area contributed by atoms with Gasteiger partial charge in [-0.25, -0.2) is 5.48 Å². The van der Waals surface area contributed by atoms with Gasteiger partial charge in [-0.15, -0.1) is 10.2 Å². The minimum absolute atomic E-state index is 0.0319. The summed E-state index contributed by atoms with van der Waals surface area (Å²) in [7, 11) is -3.36. The van der Waals surface area contributed by atoms with E-state index in [9.17, 15) is 18.0 Å². The summed E-state index contributed by atoms with van der Waals surface area (Å²) in [6.45, 7) is 1.77. The van der Waals surface area contributed by atoms with Crippen LogP contribution in [0.5, 0.6) is 0 Å². The molecule has 1 fully saturated rings. The number of amides is 2. The molecule has 1 aromatic rings. The normalized spacial score (nSPS) is 20.1. The van der Waals surface area contributed by atoms with Gasteiger partial charge in [0.15, 0.2) is 5.82 Å². The number of hydroxylamine groups is 3. The van der Waals surface area contributed by atoms with E-state index < -0.39 is 28.4 Å². The van der Waals surface area contributed by atoms with Crippen molar-refractivity contribution in [2.24, 2.45) is 5.73 Å². The number of likely N-dealkylation sites (tertiary alicyclic amines) is 1. The highest BCUT2D eigenvalue weighted by Gasteiger charge is 2.37. The van der Waals surface area contributed by atoms with Crippen molar-refractivity contribution in [1.29, 1.82) is 0 Å². The van der Waals surface area contributed by atoms with E-state index in [1.165, 1.54) is 23.7 Å². The first-order chi connectivity index (χ1) is 13.6. The van der Waals surface area contributed by atoms with Crippen molar-refractivity contribution >= 4 is 22.2 Å². The lowest BCUT2D eigenvalue weighted by Gasteiger charge is -2.40. The Balaban J connectivity index is 1.84. The molecule has 0 aliphatic carbocycles. The van der Waals surface area contributed by atoms with Crippen molar-refractivity contribution in [2.75, 3.05) is 20.2 Å². The van der Waals surface area contributed by atoms with Crippen LogP contribution >= 0.6 is 0 Å². The Kier molecular flexibility index (Phi) is 7.94. The first-order valence-electron chi connectivity index (χ1n) is 8.66. The van der Waals surface area contributed by atoms with Crippen LogP contribution in [0.1, 0.15) is 25.6 Å². The zero-order valence-electron chi connectivity index (χ0n) is 16.0. The third kappa shape index (κ3) is 6.94. The second-order valence-corrected chi connectivity index (χ2v) is 7.29. The average Bonchev–Trinajstić information content (AvgIpc) is 3.11. The SMILES string of the molecule is CC(=O)N1C[C@H](N(C)OS(=O)(=O)O)CC[C@H]1C(=O)NOCCn1nnc(CN)n1. The lowest BCUT2D eigenvalue weighted by atomic mass is 9.97. The van der Waals surface area contributed by atoms with Crippen molar-refractivity contribution in [3.8, 4) is 0 Å². The first-order valence-corrected chi connectivity index (χ1v) is 10.0. The van der Waals surface area contributed by atoms with E-state index >= 15 is 0 Å². The molecule has 0 saturated carbocycles. The van der Waals surface area contributed by atoms with E-state index in [1.807, 2.05) is 0 Å². The highest BCUT2D eigenvalue weighted by atomic mass is 32.3. The van der Waals surface area contributed by atoms with Gasteiger partial charge in [0.1, 0.15) is 6.04 Å². The Morgan fingerprint density at radius 2 is 2.14 bits per heavy atom. The standard InChI is InChI=1S/C13H24N8O7S/c1-9(22)20-8-10(19(2)28-29(24,25)26)3-4-11(20)13(23)17-27-6-5-21-16-12(7-14)15-18-21/h10-11H,3-8,14H2,1-2H3,(H,17,23)(H,24,25,26)/t10-,11+/m1/s1. The highest BCUT2D eigenvalue weighted by Crippen LogP contribution is 2.22. The van der Waals surface area contributed by atoms with Crippen molar-refractivity contribution in [1.82, 2.24) is 35.7 Å². The van der Waals surface area contributed by atoms with Gasteiger partial charge in [0.05, 0.1) is 25.7 Å². The van der Waals surface area contributed by atoms with Crippen molar-refractivity contribution < 1.29 is 31.7 Å². The number of likely N-dealkylation sites (N-methyl/N-ethyl adjacent to an activating group) is 1. The number of nitrogens with zero attached hydrogens (tertiary/aromatic N) is 6. The predicted molar refractivity (Wildman–Crippen MR) is 94.4 cm³/mol. The zero-order chi connectivity index (χ0) is 21.6. The summed E-state index contributed by atoms with van der Waals surface area (Å²) < 4.78 is 34.9.